The Balaban J connectivity index is 3.60. The summed E-state index contributed by atoms with van der Waals surface area (Å²) in [5, 5.41) is 0. The van der Waals surface area contributed by atoms with Gasteiger partial charge < -0.3 is 0 Å². The van der Waals surface area contributed by atoms with E-state index in [9.17, 15) is 22.0 Å². The number of hydrogen-bond donors (Lipinski definition) is 0. The number of hydrogen-bond acceptors (Lipinski definition) is 0. The van der Waals surface area contributed by atoms with Crippen LogP contribution in [-0.2, 0) is 10.9 Å². The maximum Gasteiger partial charge on any atom is 0.232 e. The Labute approximate surface area is 80.1 Å². The fourth-order valence-corrected chi connectivity index (χ4v) is 1.84. The van der Waals surface area contributed by atoms with Crippen LogP contribution < -0.4 is 0 Å². The molecule has 0 unspecified atom stereocenters. The molecule has 6 heteroatoms. The number of rotatable bonds is 1. The molecule has 0 heterocycles. The van der Waals surface area contributed by atoms with Gasteiger partial charge in [0.05, 0.1) is 0 Å². The maximum atomic E-state index is 12.9. The molecule has 0 aliphatic heterocycles. The van der Waals surface area contributed by atoms with Crippen molar-refractivity contribution in [3.05, 3.63) is 29.1 Å². The van der Waals surface area contributed by atoms with Gasteiger partial charge in [0.25, 0.3) is 0 Å². The van der Waals surface area contributed by atoms with Gasteiger partial charge in [0, 0.05) is 10.9 Å². The average molecular weight is 229 g/mol. The van der Waals surface area contributed by atoms with E-state index >= 15 is 0 Å². The third-order valence-electron chi connectivity index (χ3n) is 1.58. The summed E-state index contributed by atoms with van der Waals surface area (Å²) < 4.78 is 63.6. The standard InChI is InChI=1S/C8H6F5S/c1-14(2)8-6(12)4(10)3(9)5(11)7(8)13/h1-2H3/q+1. The van der Waals surface area contributed by atoms with Gasteiger partial charge in [0.15, 0.2) is 0 Å². The lowest BCUT2D eigenvalue weighted by Crippen LogP contribution is -2.10. The van der Waals surface area contributed by atoms with Gasteiger partial charge in [-0.1, -0.05) is 0 Å². The summed E-state index contributed by atoms with van der Waals surface area (Å²) in [5.74, 6) is -9.38. The van der Waals surface area contributed by atoms with Crippen LogP contribution in [0.1, 0.15) is 0 Å². The summed E-state index contributed by atoms with van der Waals surface area (Å²) in [5.41, 5.74) is 0. The molecule has 1 aromatic rings. The predicted octanol–water partition coefficient (Wildman–Crippen LogP) is 2.62. The van der Waals surface area contributed by atoms with Crippen molar-refractivity contribution in [2.75, 3.05) is 12.5 Å². The van der Waals surface area contributed by atoms with Crippen molar-refractivity contribution in [2.24, 2.45) is 0 Å². The topological polar surface area (TPSA) is 0 Å². The molecule has 0 saturated heterocycles. The lowest BCUT2D eigenvalue weighted by molar-refractivity contribution is 0.360. The minimum Gasteiger partial charge on any atom is -0.200 e. The molecule has 0 radical (unpaired) electrons. The first-order valence-corrected chi connectivity index (χ1v) is 5.51. The monoisotopic (exact) mass is 229 g/mol. The van der Waals surface area contributed by atoms with Crippen LogP contribution in [0, 0.1) is 29.1 Å². The van der Waals surface area contributed by atoms with E-state index in [2.05, 4.69) is 0 Å². The molecule has 14 heavy (non-hydrogen) atoms. The second-order valence-electron chi connectivity index (χ2n) is 2.72. The minimum absolute atomic E-state index is 0.749. The SMILES string of the molecule is C[S+](C)c1c(F)c(F)c(F)c(F)c1F. The van der Waals surface area contributed by atoms with Crippen LogP contribution in [0.4, 0.5) is 22.0 Å². The predicted molar refractivity (Wildman–Crippen MR) is 43.7 cm³/mol. The van der Waals surface area contributed by atoms with Gasteiger partial charge in [0.2, 0.25) is 34.0 Å². The van der Waals surface area contributed by atoms with Gasteiger partial charge in [-0.05, 0) is 0 Å². The summed E-state index contributed by atoms with van der Waals surface area (Å²) in [4.78, 5) is -0.749. The summed E-state index contributed by atoms with van der Waals surface area (Å²) in [6, 6.07) is 0. The Kier molecular flexibility index (Phi) is 3.04. The van der Waals surface area contributed by atoms with Crippen LogP contribution in [0.2, 0.25) is 0 Å². The smallest absolute Gasteiger partial charge is 0.200 e. The zero-order valence-electron chi connectivity index (χ0n) is 7.30. The van der Waals surface area contributed by atoms with Gasteiger partial charge in [-0.25, -0.2) is 13.2 Å². The highest BCUT2D eigenvalue weighted by molar-refractivity contribution is 7.95. The van der Waals surface area contributed by atoms with Gasteiger partial charge >= 0.3 is 0 Å². The Morgan fingerprint density at radius 3 is 1.21 bits per heavy atom. The molecule has 0 aliphatic carbocycles. The highest BCUT2D eigenvalue weighted by Gasteiger charge is 2.32. The molecule has 0 spiro atoms. The molecule has 1 rings (SSSR count). The second kappa shape index (κ2) is 3.76. The van der Waals surface area contributed by atoms with Crippen LogP contribution in [0.3, 0.4) is 0 Å². The average Bonchev–Trinajstić information content (AvgIpc) is 2.11. The lowest BCUT2D eigenvalue weighted by atomic mass is 10.3. The zero-order valence-corrected chi connectivity index (χ0v) is 8.11. The summed E-state index contributed by atoms with van der Waals surface area (Å²) in [7, 11) is -1.03. The molecule has 0 atom stereocenters. The largest absolute Gasteiger partial charge is 0.232 e. The van der Waals surface area contributed by atoms with Crippen LogP contribution in [0.5, 0.6) is 0 Å². The molecule has 78 valence electrons. The lowest BCUT2D eigenvalue weighted by Gasteiger charge is -2.03. The van der Waals surface area contributed by atoms with Crippen molar-refractivity contribution >= 4 is 10.9 Å². The number of benzene rings is 1. The fourth-order valence-electron chi connectivity index (χ4n) is 0.943. The van der Waals surface area contributed by atoms with E-state index in [4.69, 9.17) is 0 Å². The molecule has 0 aliphatic rings. The minimum atomic E-state index is -2.12. The number of halogens is 5. The third kappa shape index (κ3) is 1.58. The molecule has 0 fully saturated rings. The summed E-state index contributed by atoms with van der Waals surface area (Å²) >= 11 is 0. The van der Waals surface area contributed by atoms with Crippen molar-refractivity contribution < 1.29 is 22.0 Å². The van der Waals surface area contributed by atoms with Crippen molar-refractivity contribution in [2.45, 2.75) is 4.90 Å². The fraction of sp³-hybridized carbons (Fsp3) is 0.250. The van der Waals surface area contributed by atoms with E-state index in [1.807, 2.05) is 0 Å². The van der Waals surface area contributed by atoms with Gasteiger partial charge in [-0.2, -0.15) is 8.78 Å². The molecular formula is C8H6F5S+. The molecule has 1 aromatic carbocycles. The van der Waals surface area contributed by atoms with Crippen LogP contribution in [0.25, 0.3) is 0 Å². The van der Waals surface area contributed by atoms with Crippen molar-refractivity contribution in [1.29, 1.82) is 0 Å². The summed E-state index contributed by atoms with van der Waals surface area (Å²) in [6.07, 6.45) is 2.75. The zero-order chi connectivity index (χ0) is 11.0. The van der Waals surface area contributed by atoms with E-state index in [1.54, 1.807) is 0 Å². The van der Waals surface area contributed by atoms with Gasteiger partial charge in [-0.3, -0.25) is 0 Å². The molecule has 0 amide bonds. The van der Waals surface area contributed by atoms with Crippen LogP contribution in [0.15, 0.2) is 4.90 Å². The Hall–Kier alpha value is -0.780. The third-order valence-corrected chi connectivity index (χ3v) is 2.75. The Bertz CT molecular complexity index is 345. The van der Waals surface area contributed by atoms with E-state index in [0.717, 1.165) is 0 Å². The van der Waals surface area contributed by atoms with Gasteiger partial charge in [0.1, 0.15) is 12.5 Å². The first kappa shape index (κ1) is 11.3. The highest BCUT2D eigenvalue weighted by Crippen LogP contribution is 2.26. The van der Waals surface area contributed by atoms with E-state index in [0.29, 0.717) is 0 Å². The van der Waals surface area contributed by atoms with Crippen molar-refractivity contribution in [3.8, 4) is 0 Å². The first-order valence-electron chi connectivity index (χ1n) is 3.47. The van der Waals surface area contributed by atoms with E-state index in [-0.39, 0.29) is 0 Å². The normalized spacial score (nSPS) is 11.1. The molecule has 0 nitrogen and oxygen atoms in total. The van der Waals surface area contributed by atoms with Gasteiger partial charge in [-0.15, -0.1) is 0 Å². The van der Waals surface area contributed by atoms with E-state index < -0.39 is 44.9 Å². The van der Waals surface area contributed by atoms with Crippen molar-refractivity contribution in [3.63, 3.8) is 0 Å². The quantitative estimate of drug-likeness (QED) is 0.300. The molecule has 0 bridgehead atoms. The Morgan fingerprint density at radius 1 is 0.643 bits per heavy atom. The summed E-state index contributed by atoms with van der Waals surface area (Å²) in [6.45, 7) is 0. The van der Waals surface area contributed by atoms with E-state index in [1.165, 1.54) is 12.5 Å². The maximum absolute atomic E-state index is 12.9. The Morgan fingerprint density at radius 2 is 0.929 bits per heavy atom. The van der Waals surface area contributed by atoms with Crippen molar-refractivity contribution in [1.82, 2.24) is 0 Å². The first-order chi connectivity index (χ1) is 6.37. The second-order valence-corrected chi connectivity index (χ2v) is 4.76. The molecule has 0 aromatic heterocycles. The van der Waals surface area contributed by atoms with Crippen LogP contribution >= 0.6 is 0 Å². The molecule has 0 saturated carbocycles. The molecular weight excluding hydrogens is 223 g/mol. The molecule has 0 N–H and O–H groups in total. The van der Waals surface area contributed by atoms with Crippen LogP contribution in [-0.4, -0.2) is 12.5 Å². The highest BCUT2D eigenvalue weighted by atomic mass is 32.2.